The fourth-order valence-electron chi connectivity index (χ4n) is 2.52. The molecule has 2 atom stereocenters. The minimum absolute atomic E-state index is 0.124. The maximum absolute atomic E-state index is 6.33. The second-order valence-electron chi connectivity index (χ2n) is 4.92. The molecule has 1 saturated heterocycles. The number of hydrogen-bond acceptors (Lipinski definition) is 2. The zero-order valence-electron chi connectivity index (χ0n) is 10.2. The van der Waals surface area contributed by atoms with Crippen molar-refractivity contribution in [2.24, 2.45) is 11.7 Å². The molecule has 2 heteroatoms. The Kier molecular flexibility index (Phi) is 3.62. The van der Waals surface area contributed by atoms with Gasteiger partial charge in [-0.2, -0.15) is 0 Å². The van der Waals surface area contributed by atoms with Gasteiger partial charge in [0.2, 0.25) is 0 Å². The van der Waals surface area contributed by atoms with Crippen LogP contribution in [0.2, 0.25) is 0 Å². The Bertz CT molecular complexity index is 336. The van der Waals surface area contributed by atoms with E-state index >= 15 is 0 Å². The first-order valence-corrected chi connectivity index (χ1v) is 6.08. The fourth-order valence-corrected chi connectivity index (χ4v) is 2.52. The molecule has 2 nitrogen and oxygen atoms in total. The Balaban J connectivity index is 2.15. The largest absolute Gasteiger partial charge is 0.381 e. The summed E-state index contributed by atoms with van der Waals surface area (Å²) in [7, 11) is 0. The van der Waals surface area contributed by atoms with Crippen molar-refractivity contribution in [3.8, 4) is 0 Å². The molecule has 88 valence electrons. The summed E-state index contributed by atoms with van der Waals surface area (Å²) >= 11 is 0. The Hall–Kier alpha value is -0.860. The van der Waals surface area contributed by atoms with Crippen LogP contribution in [0.3, 0.4) is 0 Å². The molecule has 1 aromatic carbocycles. The highest BCUT2D eigenvalue weighted by Crippen LogP contribution is 2.27. The number of rotatable bonds is 2. The van der Waals surface area contributed by atoms with Crippen LogP contribution in [-0.2, 0) is 4.74 Å². The minimum Gasteiger partial charge on any atom is -0.381 e. The molecule has 1 aliphatic rings. The number of ether oxygens (including phenoxy) is 1. The van der Waals surface area contributed by atoms with Gasteiger partial charge < -0.3 is 10.5 Å². The van der Waals surface area contributed by atoms with Crippen molar-refractivity contribution in [3.63, 3.8) is 0 Å². The molecule has 2 unspecified atom stereocenters. The van der Waals surface area contributed by atoms with Gasteiger partial charge in [-0.25, -0.2) is 0 Å². The van der Waals surface area contributed by atoms with E-state index in [0.29, 0.717) is 5.92 Å². The summed E-state index contributed by atoms with van der Waals surface area (Å²) in [4.78, 5) is 0. The Morgan fingerprint density at radius 2 is 1.94 bits per heavy atom. The minimum atomic E-state index is 0.124. The third kappa shape index (κ3) is 2.63. The molecular formula is C14H21NO. The van der Waals surface area contributed by atoms with Crippen molar-refractivity contribution in [1.82, 2.24) is 0 Å². The number of benzene rings is 1. The maximum atomic E-state index is 6.33. The van der Waals surface area contributed by atoms with Gasteiger partial charge in [0.05, 0.1) is 6.61 Å². The lowest BCUT2D eigenvalue weighted by Crippen LogP contribution is -2.29. The molecule has 1 aliphatic heterocycles. The van der Waals surface area contributed by atoms with Crippen LogP contribution in [0, 0.1) is 19.8 Å². The molecule has 1 heterocycles. The van der Waals surface area contributed by atoms with Crippen molar-refractivity contribution in [2.75, 3.05) is 13.2 Å². The van der Waals surface area contributed by atoms with Gasteiger partial charge in [0.25, 0.3) is 0 Å². The predicted octanol–water partition coefficient (Wildman–Crippen LogP) is 2.73. The van der Waals surface area contributed by atoms with Gasteiger partial charge in [-0.05, 0) is 32.3 Å². The van der Waals surface area contributed by atoms with E-state index in [1.807, 2.05) is 0 Å². The third-order valence-electron chi connectivity index (χ3n) is 3.33. The average Bonchev–Trinajstić information content (AvgIpc) is 2.28. The topological polar surface area (TPSA) is 35.2 Å². The molecule has 0 radical (unpaired) electrons. The van der Waals surface area contributed by atoms with Crippen molar-refractivity contribution in [1.29, 1.82) is 0 Å². The molecule has 16 heavy (non-hydrogen) atoms. The van der Waals surface area contributed by atoms with Crippen LogP contribution < -0.4 is 5.73 Å². The fraction of sp³-hybridized carbons (Fsp3) is 0.571. The highest BCUT2D eigenvalue weighted by Gasteiger charge is 2.22. The lowest BCUT2D eigenvalue weighted by Gasteiger charge is -2.28. The molecule has 0 saturated carbocycles. The van der Waals surface area contributed by atoms with Gasteiger partial charge in [-0.3, -0.25) is 0 Å². The van der Waals surface area contributed by atoms with Gasteiger partial charge >= 0.3 is 0 Å². The summed E-state index contributed by atoms with van der Waals surface area (Å²) in [6, 6.07) is 6.71. The Labute approximate surface area is 97.8 Å². The van der Waals surface area contributed by atoms with E-state index < -0.39 is 0 Å². The summed E-state index contributed by atoms with van der Waals surface area (Å²) in [6.45, 7) is 5.96. The first kappa shape index (κ1) is 11.6. The number of hydrogen-bond donors (Lipinski definition) is 1. The van der Waals surface area contributed by atoms with Crippen LogP contribution >= 0.6 is 0 Å². The smallest absolute Gasteiger partial charge is 0.0512 e. The van der Waals surface area contributed by atoms with E-state index in [1.165, 1.54) is 23.1 Å². The number of nitrogens with two attached hydrogens (primary N) is 1. The van der Waals surface area contributed by atoms with Crippen LogP contribution in [-0.4, -0.2) is 13.2 Å². The van der Waals surface area contributed by atoms with E-state index in [-0.39, 0.29) is 6.04 Å². The number of aryl methyl sites for hydroxylation is 2. The average molecular weight is 219 g/mol. The second-order valence-corrected chi connectivity index (χ2v) is 4.92. The second kappa shape index (κ2) is 4.98. The summed E-state index contributed by atoms with van der Waals surface area (Å²) in [6.07, 6.45) is 2.33. The maximum Gasteiger partial charge on any atom is 0.0512 e. The van der Waals surface area contributed by atoms with E-state index in [0.717, 1.165) is 19.6 Å². The van der Waals surface area contributed by atoms with Crippen molar-refractivity contribution >= 4 is 0 Å². The molecule has 0 amide bonds. The standard InChI is InChI=1S/C14H21NO/c1-10-6-11(2)8-13(7-10)14(15)12-4-3-5-16-9-12/h6-8,12,14H,3-5,9,15H2,1-2H3. The normalized spacial score (nSPS) is 23.1. The molecule has 1 aromatic rings. The summed E-state index contributed by atoms with van der Waals surface area (Å²) < 4.78 is 5.51. The van der Waals surface area contributed by atoms with Crippen LogP contribution in [0.4, 0.5) is 0 Å². The highest BCUT2D eigenvalue weighted by atomic mass is 16.5. The highest BCUT2D eigenvalue weighted by molar-refractivity contribution is 5.30. The molecule has 2 rings (SSSR count). The molecule has 1 fully saturated rings. The Morgan fingerprint density at radius 3 is 2.50 bits per heavy atom. The molecule has 2 N–H and O–H groups in total. The quantitative estimate of drug-likeness (QED) is 0.830. The molecule has 0 aliphatic carbocycles. The lowest BCUT2D eigenvalue weighted by molar-refractivity contribution is 0.0447. The van der Waals surface area contributed by atoms with Crippen LogP contribution in [0.15, 0.2) is 18.2 Å². The molecular weight excluding hydrogens is 198 g/mol. The summed E-state index contributed by atoms with van der Waals surface area (Å²) in [5, 5.41) is 0. The van der Waals surface area contributed by atoms with Crippen molar-refractivity contribution in [3.05, 3.63) is 34.9 Å². The third-order valence-corrected chi connectivity index (χ3v) is 3.33. The van der Waals surface area contributed by atoms with Crippen molar-refractivity contribution < 1.29 is 4.74 Å². The molecule has 0 bridgehead atoms. The van der Waals surface area contributed by atoms with E-state index in [4.69, 9.17) is 10.5 Å². The first-order chi connectivity index (χ1) is 7.66. The van der Waals surface area contributed by atoms with E-state index in [9.17, 15) is 0 Å². The van der Waals surface area contributed by atoms with Gasteiger partial charge in [0.1, 0.15) is 0 Å². The van der Waals surface area contributed by atoms with E-state index in [1.54, 1.807) is 0 Å². The zero-order chi connectivity index (χ0) is 11.5. The van der Waals surface area contributed by atoms with Crippen LogP contribution in [0.5, 0.6) is 0 Å². The Morgan fingerprint density at radius 1 is 1.25 bits per heavy atom. The predicted molar refractivity (Wildman–Crippen MR) is 66.4 cm³/mol. The van der Waals surface area contributed by atoms with Gasteiger partial charge in [0.15, 0.2) is 0 Å². The summed E-state index contributed by atoms with van der Waals surface area (Å²) in [5.41, 5.74) is 10.2. The SMILES string of the molecule is Cc1cc(C)cc(C(N)C2CCCOC2)c1. The zero-order valence-corrected chi connectivity index (χ0v) is 10.2. The molecule has 0 spiro atoms. The molecule has 0 aromatic heterocycles. The van der Waals surface area contributed by atoms with E-state index in [2.05, 4.69) is 32.0 Å². The first-order valence-electron chi connectivity index (χ1n) is 6.08. The van der Waals surface area contributed by atoms with Gasteiger partial charge in [0, 0.05) is 18.6 Å². The van der Waals surface area contributed by atoms with Crippen LogP contribution in [0.1, 0.15) is 35.6 Å². The van der Waals surface area contributed by atoms with Crippen molar-refractivity contribution in [2.45, 2.75) is 32.7 Å². The monoisotopic (exact) mass is 219 g/mol. The summed E-state index contributed by atoms with van der Waals surface area (Å²) in [5.74, 6) is 0.481. The van der Waals surface area contributed by atoms with Crippen LogP contribution in [0.25, 0.3) is 0 Å². The van der Waals surface area contributed by atoms with Gasteiger partial charge in [-0.15, -0.1) is 0 Å². The van der Waals surface area contributed by atoms with Gasteiger partial charge in [-0.1, -0.05) is 29.3 Å². The lowest BCUT2D eigenvalue weighted by atomic mass is 9.88.